The Morgan fingerprint density at radius 1 is 1.43 bits per heavy atom. The molecule has 0 spiro atoms. The topological polar surface area (TPSA) is 46.9 Å². The molecule has 4 nitrogen and oxygen atoms in total. The monoisotopic (exact) mass is 287 g/mol. The maximum absolute atomic E-state index is 13.3. The summed E-state index contributed by atoms with van der Waals surface area (Å²) < 4.78 is 14.9. The molecule has 0 saturated heterocycles. The fourth-order valence-corrected chi connectivity index (χ4v) is 2.99. The number of carbonyl (C=O) groups is 1. The quantitative estimate of drug-likeness (QED) is 0.923. The van der Waals surface area contributed by atoms with Crippen molar-refractivity contribution in [2.24, 2.45) is 7.05 Å². The minimum Gasteiger partial charge on any atom is -0.344 e. The second kappa shape index (κ2) is 5.31. The summed E-state index contributed by atoms with van der Waals surface area (Å²) in [6.07, 6.45) is 2.69. The summed E-state index contributed by atoms with van der Waals surface area (Å²) in [6.45, 7) is 1.86. The van der Waals surface area contributed by atoms with Crippen molar-refractivity contribution in [2.45, 2.75) is 32.2 Å². The molecule has 0 saturated carbocycles. The summed E-state index contributed by atoms with van der Waals surface area (Å²) >= 11 is 0. The first-order chi connectivity index (χ1) is 10.0. The molecule has 0 unspecified atom stereocenters. The Morgan fingerprint density at radius 3 is 2.95 bits per heavy atom. The number of amides is 1. The molecule has 1 aliphatic rings. The van der Waals surface area contributed by atoms with Crippen molar-refractivity contribution in [3.05, 3.63) is 52.6 Å². The molecule has 0 bridgehead atoms. The van der Waals surface area contributed by atoms with Gasteiger partial charge in [0.25, 0.3) is 5.91 Å². The molecule has 0 radical (unpaired) electrons. The summed E-state index contributed by atoms with van der Waals surface area (Å²) in [5, 5.41) is 7.23. The van der Waals surface area contributed by atoms with E-state index in [-0.39, 0.29) is 17.8 Å². The van der Waals surface area contributed by atoms with E-state index in [0.717, 1.165) is 36.1 Å². The van der Waals surface area contributed by atoms with Gasteiger partial charge in [-0.15, -0.1) is 0 Å². The van der Waals surface area contributed by atoms with Crippen LogP contribution in [0.1, 0.15) is 46.2 Å². The van der Waals surface area contributed by atoms with E-state index in [1.807, 2.05) is 6.92 Å². The molecular weight excluding hydrogens is 269 g/mol. The van der Waals surface area contributed by atoms with Gasteiger partial charge in [0.1, 0.15) is 11.5 Å². The van der Waals surface area contributed by atoms with Crippen LogP contribution in [0.3, 0.4) is 0 Å². The third-order valence-electron chi connectivity index (χ3n) is 3.96. The van der Waals surface area contributed by atoms with Crippen LogP contribution in [0.5, 0.6) is 0 Å². The number of aryl methyl sites for hydroxylation is 3. The van der Waals surface area contributed by atoms with Crippen molar-refractivity contribution in [2.75, 3.05) is 0 Å². The lowest BCUT2D eigenvalue weighted by Gasteiger charge is -2.26. The number of carbonyl (C=O) groups excluding carboxylic acids is 1. The molecule has 1 N–H and O–H groups in total. The van der Waals surface area contributed by atoms with Gasteiger partial charge in [0.15, 0.2) is 0 Å². The van der Waals surface area contributed by atoms with E-state index >= 15 is 0 Å². The van der Waals surface area contributed by atoms with E-state index in [0.29, 0.717) is 5.69 Å². The Morgan fingerprint density at radius 2 is 2.24 bits per heavy atom. The lowest BCUT2D eigenvalue weighted by Crippen LogP contribution is -2.32. The molecule has 110 valence electrons. The van der Waals surface area contributed by atoms with Crippen molar-refractivity contribution >= 4 is 5.91 Å². The van der Waals surface area contributed by atoms with Gasteiger partial charge in [0.2, 0.25) is 0 Å². The largest absolute Gasteiger partial charge is 0.344 e. The molecule has 0 fully saturated rings. The molecule has 1 heterocycles. The minimum absolute atomic E-state index is 0.0583. The predicted octanol–water partition coefficient (Wildman–Crippen LogP) is 2.68. The highest BCUT2D eigenvalue weighted by Gasteiger charge is 2.23. The summed E-state index contributed by atoms with van der Waals surface area (Å²) in [5.41, 5.74) is 3.37. The zero-order valence-corrected chi connectivity index (χ0v) is 12.2. The molecule has 0 aliphatic heterocycles. The van der Waals surface area contributed by atoms with E-state index in [1.54, 1.807) is 29.9 Å². The van der Waals surface area contributed by atoms with Crippen LogP contribution in [0.4, 0.5) is 4.39 Å². The van der Waals surface area contributed by atoms with Gasteiger partial charge in [-0.25, -0.2) is 4.39 Å². The Bertz CT molecular complexity index is 693. The van der Waals surface area contributed by atoms with Gasteiger partial charge in [0.05, 0.1) is 11.7 Å². The third-order valence-corrected chi connectivity index (χ3v) is 3.96. The highest BCUT2D eigenvalue weighted by molar-refractivity contribution is 5.93. The molecule has 1 amide bonds. The number of nitrogens with one attached hydrogen (secondary N) is 1. The van der Waals surface area contributed by atoms with Gasteiger partial charge in [-0.2, -0.15) is 5.10 Å². The normalized spacial score (nSPS) is 17.4. The van der Waals surface area contributed by atoms with E-state index in [9.17, 15) is 9.18 Å². The average Bonchev–Trinajstić information content (AvgIpc) is 2.77. The second-order valence-corrected chi connectivity index (χ2v) is 5.56. The summed E-state index contributed by atoms with van der Waals surface area (Å²) in [7, 11) is 1.76. The van der Waals surface area contributed by atoms with Crippen LogP contribution in [-0.2, 0) is 13.5 Å². The molecule has 1 atom stereocenters. The van der Waals surface area contributed by atoms with Gasteiger partial charge in [-0.3, -0.25) is 9.48 Å². The van der Waals surface area contributed by atoms with Crippen molar-refractivity contribution < 1.29 is 9.18 Å². The predicted molar refractivity (Wildman–Crippen MR) is 77.5 cm³/mol. The van der Waals surface area contributed by atoms with Crippen molar-refractivity contribution in [3.8, 4) is 0 Å². The second-order valence-electron chi connectivity index (χ2n) is 5.56. The number of fused-ring (bicyclic) bond motifs is 1. The van der Waals surface area contributed by atoms with E-state index in [4.69, 9.17) is 0 Å². The van der Waals surface area contributed by atoms with Crippen molar-refractivity contribution in [1.29, 1.82) is 0 Å². The van der Waals surface area contributed by atoms with Crippen molar-refractivity contribution in [3.63, 3.8) is 0 Å². The van der Waals surface area contributed by atoms with Gasteiger partial charge in [-0.1, -0.05) is 6.07 Å². The van der Waals surface area contributed by atoms with Crippen LogP contribution in [0, 0.1) is 12.7 Å². The molecule has 2 aromatic rings. The molecular formula is C16H18FN3O. The summed E-state index contributed by atoms with van der Waals surface area (Å²) in [6, 6.07) is 6.52. The molecule has 21 heavy (non-hydrogen) atoms. The van der Waals surface area contributed by atoms with Crippen LogP contribution < -0.4 is 5.32 Å². The molecule has 3 rings (SSSR count). The molecule has 1 aromatic carbocycles. The van der Waals surface area contributed by atoms with E-state index in [2.05, 4.69) is 10.4 Å². The Labute approximate surface area is 123 Å². The maximum Gasteiger partial charge on any atom is 0.270 e. The zero-order valence-electron chi connectivity index (χ0n) is 12.2. The number of halogens is 1. The fraction of sp³-hybridized carbons (Fsp3) is 0.375. The smallest absolute Gasteiger partial charge is 0.270 e. The highest BCUT2D eigenvalue weighted by Crippen LogP contribution is 2.30. The maximum atomic E-state index is 13.3. The molecule has 1 aromatic heterocycles. The van der Waals surface area contributed by atoms with Crippen LogP contribution >= 0.6 is 0 Å². The van der Waals surface area contributed by atoms with E-state index < -0.39 is 0 Å². The van der Waals surface area contributed by atoms with Gasteiger partial charge in [0, 0.05) is 7.05 Å². The average molecular weight is 287 g/mol. The number of rotatable bonds is 2. The van der Waals surface area contributed by atoms with E-state index in [1.165, 1.54) is 6.07 Å². The highest BCUT2D eigenvalue weighted by atomic mass is 19.1. The third kappa shape index (κ3) is 2.68. The van der Waals surface area contributed by atoms with Gasteiger partial charge in [-0.05, 0) is 55.5 Å². The standard InChI is InChI=1S/C16H18FN3O/c1-10-8-15(20(2)19-10)16(21)18-14-5-3-4-11-9-12(17)6-7-13(11)14/h6-9,14H,3-5H2,1-2H3,(H,18,21)/t14-/m0/s1. The number of hydrogen-bond acceptors (Lipinski definition) is 2. The Balaban J connectivity index is 1.83. The zero-order chi connectivity index (χ0) is 15.0. The SMILES string of the molecule is Cc1cc(C(=O)N[C@H]2CCCc3cc(F)ccc32)n(C)n1. The number of hydrogen-bond donors (Lipinski definition) is 1. The Kier molecular flexibility index (Phi) is 3.49. The van der Waals surface area contributed by atoms with Gasteiger partial charge >= 0.3 is 0 Å². The first-order valence-corrected chi connectivity index (χ1v) is 7.14. The number of nitrogens with zero attached hydrogens (tertiary/aromatic N) is 2. The lowest BCUT2D eigenvalue weighted by molar-refractivity contribution is 0.0923. The summed E-state index contributed by atoms with van der Waals surface area (Å²) in [5.74, 6) is -0.358. The minimum atomic E-state index is -0.219. The van der Waals surface area contributed by atoms with Crippen LogP contribution in [0.15, 0.2) is 24.3 Å². The van der Waals surface area contributed by atoms with Crippen LogP contribution in [0.25, 0.3) is 0 Å². The van der Waals surface area contributed by atoms with Gasteiger partial charge < -0.3 is 5.32 Å². The van der Waals surface area contributed by atoms with Crippen molar-refractivity contribution in [1.82, 2.24) is 15.1 Å². The molecule has 1 aliphatic carbocycles. The molecule has 5 heteroatoms. The fourth-order valence-electron chi connectivity index (χ4n) is 2.99. The van der Waals surface area contributed by atoms with Crippen LogP contribution in [0.2, 0.25) is 0 Å². The summed E-state index contributed by atoms with van der Waals surface area (Å²) in [4.78, 5) is 12.4. The Hall–Kier alpha value is -2.17. The van der Waals surface area contributed by atoms with Crippen LogP contribution in [-0.4, -0.2) is 15.7 Å². The number of benzene rings is 1. The number of aromatic nitrogens is 2. The first-order valence-electron chi connectivity index (χ1n) is 7.14. The first kappa shape index (κ1) is 13.8. The lowest BCUT2D eigenvalue weighted by atomic mass is 9.87.